The lowest BCUT2D eigenvalue weighted by Crippen LogP contribution is -2.30. The highest BCUT2D eigenvalue weighted by molar-refractivity contribution is 7.14. The van der Waals surface area contributed by atoms with E-state index in [9.17, 15) is 14.4 Å². The van der Waals surface area contributed by atoms with Crippen molar-refractivity contribution in [1.82, 2.24) is 4.98 Å². The molecule has 1 aromatic heterocycles. The van der Waals surface area contributed by atoms with Crippen LogP contribution in [-0.2, 0) is 32.0 Å². The number of carbonyl (C=O) groups excluding carboxylic acids is 3. The molecule has 1 saturated heterocycles. The van der Waals surface area contributed by atoms with Crippen LogP contribution in [0.2, 0.25) is 0 Å². The molecule has 1 aliphatic heterocycles. The first-order chi connectivity index (χ1) is 13.5. The van der Waals surface area contributed by atoms with Gasteiger partial charge in [0.25, 0.3) is 5.91 Å². The number of nitrogens with one attached hydrogen (secondary N) is 1. The Labute approximate surface area is 167 Å². The Balaban J connectivity index is 1.50. The minimum absolute atomic E-state index is 0.0403. The van der Waals surface area contributed by atoms with Gasteiger partial charge in [-0.25, -0.2) is 4.98 Å². The van der Waals surface area contributed by atoms with Crippen molar-refractivity contribution in [1.29, 1.82) is 0 Å². The van der Waals surface area contributed by atoms with E-state index in [4.69, 9.17) is 4.74 Å². The Bertz CT molecular complexity index is 863. The van der Waals surface area contributed by atoms with Gasteiger partial charge in [-0.15, -0.1) is 11.3 Å². The van der Waals surface area contributed by atoms with E-state index in [1.165, 1.54) is 23.8 Å². The lowest BCUT2D eigenvalue weighted by molar-refractivity contribution is -0.152. The maximum atomic E-state index is 12.2. The van der Waals surface area contributed by atoms with Crippen molar-refractivity contribution >= 4 is 39.9 Å². The summed E-state index contributed by atoms with van der Waals surface area (Å²) in [5.74, 6) is -0.867. The van der Waals surface area contributed by atoms with Crippen molar-refractivity contribution in [2.75, 3.05) is 16.8 Å². The zero-order valence-electron chi connectivity index (χ0n) is 15.9. The van der Waals surface area contributed by atoms with Crippen molar-refractivity contribution in [3.05, 3.63) is 40.9 Å². The van der Waals surface area contributed by atoms with Crippen LogP contribution in [0.1, 0.15) is 37.9 Å². The van der Waals surface area contributed by atoms with Crippen molar-refractivity contribution in [3.8, 4) is 0 Å². The number of rotatable bonds is 7. The maximum absolute atomic E-state index is 12.2. The van der Waals surface area contributed by atoms with Crippen molar-refractivity contribution in [2.45, 2.75) is 45.6 Å². The number of aryl methyl sites for hydroxylation is 1. The van der Waals surface area contributed by atoms with Crippen LogP contribution < -0.4 is 10.2 Å². The number of benzene rings is 1. The fraction of sp³-hybridized carbons (Fsp3) is 0.400. The molecule has 0 bridgehead atoms. The lowest BCUT2D eigenvalue weighted by Gasteiger charge is -2.13. The highest BCUT2D eigenvalue weighted by Gasteiger charge is 2.25. The molecule has 2 amide bonds. The third-order valence-corrected chi connectivity index (χ3v) is 5.39. The van der Waals surface area contributed by atoms with Gasteiger partial charge in [0, 0.05) is 24.0 Å². The molecule has 0 radical (unpaired) electrons. The van der Waals surface area contributed by atoms with Crippen LogP contribution in [0.25, 0.3) is 0 Å². The summed E-state index contributed by atoms with van der Waals surface area (Å²) in [6.45, 7) is 4.25. The molecule has 2 heterocycles. The molecule has 1 unspecified atom stereocenters. The topological polar surface area (TPSA) is 88.6 Å². The maximum Gasteiger partial charge on any atom is 0.312 e. The molecule has 0 aliphatic carbocycles. The molecule has 1 aromatic carbocycles. The van der Waals surface area contributed by atoms with E-state index in [1.54, 1.807) is 10.3 Å². The fourth-order valence-electron chi connectivity index (χ4n) is 2.86. The molecule has 28 heavy (non-hydrogen) atoms. The molecule has 1 fully saturated rings. The van der Waals surface area contributed by atoms with Gasteiger partial charge in [0.15, 0.2) is 11.2 Å². The Hall–Kier alpha value is -2.74. The number of hydrogen-bond donors (Lipinski definition) is 1. The van der Waals surface area contributed by atoms with Gasteiger partial charge < -0.3 is 10.1 Å². The average Bonchev–Trinajstić information content (AvgIpc) is 3.30. The number of nitrogens with zero attached hydrogens (tertiary/aromatic N) is 2. The Kier molecular flexibility index (Phi) is 6.41. The van der Waals surface area contributed by atoms with E-state index in [0.29, 0.717) is 29.5 Å². The zero-order chi connectivity index (χ0) is 20.1. The van der Waals surface area contributed by atoms with Crippen LogP contribution >= 0.6 is 11.3 Å². The molecule has 2 aromatic rings. The second-order valence-corrected chi connectivity index (χ2v) is 7.46. The summed E-state index contributed by atoms with van der Waals surface area (Å²) in [6.07, 6.45) is 1.32. The molecule has 1 atom stereocenters. The molecule has 1 aliphatic rings. The second kappa shape index (κ2) is 8.97. The first-order valence-electron chi connectivity index (χ1n) is 9.30. The third kappa shape index (κ3) is 4.95. The first kappa shape index (κ1) is 20.0. The summed E-state index contributed by atoms with van der Waals surface area (Å²) in [5.41, 5.74) is 2.37. The highest BCUT2D eigenvalue weighted by atomic mass is 32.1. The number of esters is 1. The van der Waals surface area contributed by atoms with E-state index in [1.807, 2.05) is 24.3 Å². The van der Waals surface area contributed by atoms with E-state index in [-0.39, 0.29) is 18.2 Å². The van der Waals surface area contributed by atoms with Crippen LogP contribution in [0.3, 0.4) is 0 Å². The quantitative estimate of drug-likeness (QED) is 0.721. The summed E-state index contributed by atoms with van der Waals surface area (Å²) in [4.78, 5) is 42.1. The molecule has 7 nitrogen and oxygen atoms in total. The smallest absolute Gasteiger partial charge is 0.312 e. The van der Waals surface area contributed by atoms with Crippen molar-refractivity contribution < 1.29 is 19.1 Å². The summed E-state index contributed by atoms with van der Waals surface area (Å²) >= 11 is 1.33. The predicted molar refractivity (Wildman–Crippen MR) is 107 cm³/mol. The normalized spacial score (nSPS) is 14.8. The van der Waals surface area contributed by atoms with Crippen LogP contribution in [0.4, 0.5) is 10.8 Å². The Morgan fingerprint density at radius 1 is 1.32 bits per heavy atom. The number of hydrogen-bond acceptors (Lipinski definition) is 6. The lowest BCUT2D eigenvalue weighted by atomic mass is 10.1. The molecular formula is C20H23N3O4S. The van der Waals surface area contributed by atoms with E-state index in [0.717, 1.165) is 12.8 Å². The zero-order valence-corrected chi connectivity index (χ0v) is 16.8. The predicted octanol–water partition coefficient (Wildman–Crippen LogP) is 2.95. The molecule has 3 rings (SSSR count). The van der Waals surface area contributed by atoms with Crippen LogP contribution in [0.15, 0.2) is 29.6 Å². The average molecular weight is 401 g/mol. The van der Waals surface area contributed by atoms with E-state index < -0.39 is 12.1 Å². The second-order valence-electron chi connectivity index (χ2n) is 6.62. The van der Waals surface area contributed by atoms with Crippen LogP contribution in [0.5, 0.6) is 0 Å². The minimum Gasteiger partial charge on any atom is -0.452 e. The molecular weight excluding hydrogens is 378 g/mol. The van der Waals surface area contributed by atoms with Crippen LogP contribution in [0, 0.1) is 0 Å². The van der Waals surface area contributed by atoms with E-state index >= 15 is 0 Å². The number of thiazole rings is 1. The van der Waals surface area contributed by atoms with Gasteiger partial charge in [0.05, 0.1) is 12.1 Å². The van der Waals surface area contributed by atoms with Crippen molar-refractivity contribution in [3.63, 3.8) is 0 Å². The van der Waals surface area contributed by atoms with Gasteiger partial charge in [-0.1, -0.05) is 19.1 Å². The largest absolute Gasteiger partial charge is 0.452 e. The molecule has 0 saturated carbocycles. The monoisotopic (exact) mass is 401 g/mol. The number of amides is 2. The summed E-state index contributed by atoms with van der Waals surface area (Å²) in [7, 11) is 0. The summed E-state index contributed by atoms with van der Waals surface area (Å²) in [5, 5.41) is 5.08. The number of aromatic nitrogens is 1. The van der Waals surface area contributed by atoms with Gasteiger partial charge in [-0.2, -0.15) is 0 Å². The number of ether oxygens (including phenoxy) is 1. The van der Waals surface area contributed by atoms with Crippen molar-refractivity contribution in [2.24, 2.45) is 0 Å². The first-order valence-corrected chi connectivity index (χ1v) is 10.2. The van der Waals surface area contributed by atoms with Gasteiger partial charge in [0.2, 0.25) is 5.91 Å². The standard InChI is InChI=1S/C20H23N3O4S/c1-3-14-6-8-15(9-7-14)21-19(26)13(2)27-18(25)11-16-12-28-20(22-16)23-10-4-5-17(23)24/h6-9,12-13H,3-5,10-11H2,1-2H3,(H,21,26). The Morgan fingerprint density at radius 2 is 2.07 bits per heavy atom. The molecule has 1 N–H and O–H groups in total. The molecule has 148 valence electrons. The van der Waals surface area contributed by atoms with Gasteiger partial charge in [-0.3, -0.25) is 19.3 Å². The third-order valence-electron chi connectivity index (χ3n) is 4.48. The van der Waals surface area contributed by atoms with E-state index in [2.05, 4.69) is 17.2 Å². The minimum atomic E-state index is -0.920. The SMILES string of the molecule is CCc1ccc(NC(=O)C(C)OC(=O)Cc2csc(N3CCCC3=O)n2)cc1. The van der Waals surface area contributed by atoms with Gasteiger partial charge in [-0.05, 0) is 37.5 Å². The molecule has 8 heteroatoms. The summed E-state index contributed by atoms with van der Waals surface area (Å²) < 4.78 is 5.22. The Morgan fingerprint density at radius 3 is 2.71 bits per heavy atom. The number of anilines is 2. The highest BCUT2D eigenvalue weighted by Crippen LogP contribution is 2.25. The van der Waals surface area contributed by atoms with Gasteiger partial charge in [0.1, 0.15) is 0 Å². The number of carbonyl (C=O) groups is 3. The molecule has 0 spiro atoms. The summed E-state index contributed by atoms with van der Waals surface area (Å²) in [6, 6.07) is 7.53. The fourth-order valence-corrected chi connectivity index (χ4v) is 3.73. The van der Waals surface area contributed by atoms with Crippen LogP contribution in [-0.4, -0.2) is 35.4 Å². The van der Waals surface area contributed by atoms with Gasteiger partial charge >= 0.3 is 5.97 Å².